The van der Waals surface area contributed by atoms with Crippen molar-refractivity contribution in [1.82, 2.24) is 0 Å². The van der Waals surface area contributed by atoms with Crippen LogP contribution in [0, 0.1) is 10.1 Å². The van der Waals surface area contributed by atoms with Gasteiger partial charge in [-0.2, -0.15) is 0 Å². The van der Waals surface area contributed by atoms with Gasteiger partial charge in [0.2, 0.25) is 5.75 Å². The van der Waals surface area contributed by atoms with Crippen molar-refractivity contribution in [2.45, 2.75) is 0 Å². The highest BCUT2D eigenvalue weighted by atomic mass is 16.7. The zero-order valence-electron chi connectivity index (χ0n) is 12.3. The summed E-state index contributed by atoms with van der Waals surface area (Å²) in [7, 11) is 2.84. The lowest BCUT2D eigenvalue weighted by atomic mass is 10.3. The van der Waals surface area contributed by atoms with E-state index in [0.29, 0.717) is 11.5 Å². The van der Waals surface area contributed by atoms with Crippen LogP contribution in [0.3, 0.4) is 0 Å². The monoisotopic (exact) mass is 319 g/mol. The van der Waals surface area contributed by atoms with Crippen molar-refractivity contribution in [3.05, 3.63) is 52.6 Å². The van der Waals surface area contributed by atoms with Gasteiger partial charge in [0.15, 0.2) is 11.5 Å². The predicted octanol–water partition coefficient (Wildman–Crippen LogP) is 3.19. The lowest BCUT2D eigenvalue weighted by Gasteiger charge is -2.12. The number of para-hydroxylation sites is 1. The third-order valence-corrected chi connectivity index (χ3v) is 2.82. The average molecular weight is 319 g/mol. The molecule has 0 amide bonds. The van der Waals surface area contributed by atoms with Gasteiger partial charge in [-0.25, -0.2) is 4.79 Å². The van der Waals surface area contributed by atoms with Crippen LogP contribution in [0.5, 0.6) is 23.0 Å². The molecule has 0 unspecified atom stereocenters. The normalized spacial score (nSPS) is 9.83. The second kappa shape index (κ2) is 7.12. The maximum atomic E-state index is 11.8. The second-order valence-electron chi connectivity index (χ2n) is 4.20. The molecular formula is C15H13NO7. The molecule has 8 heteroatoms. The summed E-state index contributed by atoms with van der Waals surface area (Å²) >= 11 is 0. The number of nitrogens with zero attached hydrogens (tertiary/aromatic N) is 1. The van der Waals surface area contributed by atoms with Crippen LogP contribution in [0.25, 0.3) is 0 Å². The number of hydrogen-bond acceptors (Lipinski definition) is 7. The van der Waals surface area contributed by atoms with E-state index in [2.05, 4.69) is 0 Å². The van der Waals surface area contributed by atoms with Gasteiger partial charge in [-0.3, -0.25) is 10.1 Å². The maximum absolute atomic E-state index is 11.8. The summed E-state index contributed by atoms with van der Waals surface area (Å²) in [5.41, 5.74) is -0.114. The van der Waals surface area contributed by atoms with E-state index in [4.69, 9.17) is 18.9 Å². The number of carbonyl (C=O) groups excluding carboxylic acids is 1. The Bertz CT molecular complexity index is 690. The molecule has 2 aromatic rings. The van der Waals surface area contributed by atoms with E-state index in [9.17, 15) is 14.9 Å². The van der Waals surface area contributed by atoms with Gasteiger partial charge in [0.25, 0.3) is 5.69 Å². The topological polar surface area (TPSA) is 97.1 Å². The molecule has 0 spiro atoms. The number of non-ortho nitro benzene ring substituents is 1. The van der Waals surface area contributed by atoms with Gasteiger partial charge in [-0.15, -0.1) is 0 Å². The zero-order valence-corrected chi connectivity index (χ0v) is 12.3. The molecule has 0 aromatic heterocycles. The van der Waals surface area contributed by atoms with E-state index >= 15 is 0 Å². The highest BCUT2D eigenvalue weighted by molar-refractivity contribution is 5.70. The Morgan fingerprint density at radius 3 is 2.00 bits per heavy atom. The van der Waals surface area contributed by atoms with Gasteiger partial charge in [-0.05, 0) is 24.3 Å². The lowest BCUT2D eigenvalue weighted by molar-refractivity contribution is -0.384. The minimum Gasteiger partial charge on any atom is -0.493 e. The van der Waals surface area contributed by atoms with Crippen molar-refractivity contribution in [1.29, 1.82) is 0 Å². The molecule has 0 aliphatic carbocycles. The fourth-order valence-electron chi connectivity index (χ4n) is 1.75. The molecule has 0 heterocycles. The minimum atomic E-state index is -1.03. The van der Waals surface area contributed by atoms with Crippen LogP contribution in [0.2, 0.25) is 0 Å². The number of carbonyl (C=O) groups is 1. The quantitative estimate of drug-likeness (QED) is 0.361. The fourth-order valence-corrected chi connectivity index (χ4v) is 1.75. The highest BCUT2D eigenvalue weighted by Gasteiger charge is 2.17. The van der Waals surface area contributed by atoms with Crippen LogP contribution in [0.1, 0.15) is 0 Å². The van der Waals surface area contributed by atoms with Gasteiger partial charge in [0.05, 0.1) is 19.1 Å². The molecule has 0 atom stereocenters. The van der Waals surface area contributed by atoms with E-state index < -0.39 is 11.1 Å². The first-order chi connectivity index (χ1) is 11.0. The molecule has 0 aliphatic rings. The van der Waals surface area contributed by atoms with Gasteiger partial charge in [-0.1, -0.05) is 6.07 Å². The third kappa shape index (κ3) is 3.88. The lowest BCUT2D eigenvalue weighted by Crippen LogP contribution is -2.14. The zero-order chi connectivity index (χ0) is 16.8. The first kappa shape index (κ1) is 16.1. The minimum absolute atomic E-state index is 0.0735. The third-order valence-electron chi connectivity index (χ3n) is 2.82. The molecule has 0 N–H and O–H groups in total. The van der Waals surface area contributed by atoms with Crippen molar-refractivity contribution in [3.63, 3.8) is 0 Å². The smallest absolute Gasteiger partial charge is 0.493 e. The maximum Gasteiger partial charge on any atom is 0.519 e. The Balaban J connectivity index is 2.12. The van der Waals surface area contributed by atoms with Crippen LogP contribution in [-0.4, -0.2) is 25.3 Å². The average Bonchev–Trinajstić information content (AvgIpc) is 2.55. The molecule has 0 fully saturated rings. The van der Waals surface area contributed by atoms with Gasteiger partial charge in [0.1, 0.15) is 5.75 Å². The van der Waals surface area contributed by atoms with Crippen LogP contribution >= 0.6 is 0 Å². The summed E-state index contributed by atoms with van der Waals surface area (Å²) in [4.78, 5) is 21.9. The molecular weight excluding hydrogens is 306 g/mol. The van der Waals surface area contributed by atoms with E-state index in [-0.39, 0.29) is 17.2 Å². The Morgan fingerprint density at radius 2 is 1.52 bits per heavy atom. The molecule has 2 aromatic carbocycles. The largest absolute Gasteiger partial charge is 0.519 e. The summed E-state index contributed by atoms with van der Waals surface area (Å²) in [6.07, 6.45) is -1.03. The Hall–Kier alpha value is -3.29. The molecule has 0 radical (unpaired) electrons. The van der Waals surface area contributed by atoms with E-state index in [0.717, 1.165) is 0 Å². The Kier molecular flexibility index (Phi) is 4.98. The van der Waals surface area contributed by atoms with Crippen LogP contribution in [0.4, 0.5) is 10.5 Å². The van der Waals surface area contributed by atoms with Gasteiger partial charge in [0, 0.05) is 12.1 Å². The SMILES string of the molecule is COc1cccc(OC)c1OC(=O)Oc1ccc([N+](=O)[O-])cc1. The summed E-state index contributed by atoms with van der Waals surface area (Å²) in [6.45, 7) is 0. The van der Waals surface area contributed by atoms with Crippen molar-refractivity contribution in [2.24, 2.45) is 0 Å². The first-order valence-corrected chi connectivity index (χ1v) is 6.40. The van der Waals surface area contributed by atoms with E-state index in [1.807, 2.05) is 0 Å². The molecule has 8 nitrogen and oxygen atoms in total. The number of ether oxygens (including phenoxy) is 4. The molecule has 120 valence electrons. The highest BCUT2D eigenvalue weighted by Crippen LogP contribution is 2.37. The van der Waals surface area contributed by atoms with E-state index in [1.165, 1.54) is 38.5 Å². The molecule has 0 saturated carbocycles. The number of methoxy groups -OCH3 is 2. The van der Waals surface area contributed by atoms with Gasteiger partial charge < -0.3 is 18.9 Å². The number of hydrogen-bond donors (Lipinski definition) is 0. The standard InChI is InChI=1S/C15H13NO7/c1-20-12-4-3-5-13(21-2)14(12)23-15(17)22-11-8-6-10(7-9-11)16(18)19/h3-9H,1-2H3. The molecule has 2 rings (SSSR count). The van der Waals surface area contributed by atoms with Gasteiger partial charge >= 0.3 is 6.16 Å². The predicted molar refractivity (Wildman–Crippen MR) is 79.3 cm³/mol. The fraction of sp³-hybridized carbons (Fsp3) is 0.133. The number of benzene rings is 2. The first-order valence-electron chi connectivity index (χ1n) is 6.40. The van der Waals surface area contributed by atoms with Crippen molar-refractivity contribution in [3.8, 4) is 23.0 Å². The molecule has 23 heavy (non-hydrogen) atoms. The second-order valence-corrected chi connectivity index (χ2v) is 4.20. The molecule has 0 aliphatic heterocycles. The van der Waals surface area contributed by atoms with Crippen molar-refractivity contribution < 1.29 is 28.7 Å². The van der Waals surface area contributed by atoms with Crippen LogP contribution in [0.15, 0.2) is 42.5 Å². The summed E-state index contributed by atoms with van der Waals surface area (Å²) in [6, 6.07) is 9.87. The van der Waals surface area contributed by atoms with Crippen LogP contribution in [-0.2, 0) is 0 Å². The Morgan fingerprint density at radius 1 is 0.957 bits per heavy atom. The number of nitro benzene ring substituents is 1. The van der Waals surface area contributed by atoms with E-state index in [1.54, 1.807) is 18.2 Å². The molecule has 0 saturated heterocycles. The van der Waals surface area contributed by atoms with Crippen molar-refractivity contribution >= 4 is 11.8 Å². The number of nitro groups is 1. The summed E-state index contributed by atoms with van der Waals surface area (Å²) in [5, 5.41) is 10.6. The summed E-state index contributed by atoms with van der Waals surface area (Å²) < 4.78 is 20.2. The Labute approximate surface area is 131 Å². The number of rotatable bonds is 5. The van der Waals surface area contributed by atoms with Crippen LogP contribution < -0.4 is 18.9 Å². The molecule has 0 bridgehead atoms. The van der Waals surface area contributed by atoms with Crippen molar-refractivity contribution in [2.75, 3.05) is 14.2 Å². The summed E-state index contributed by atoms with van der Waals surface area (Å²) in [5.74, 6) is 0.772.